The summed E-state index contributed by atoms with van der Waals surface area (Å²) >= 11 is 0.814. The summed E-state index contributed by atoms with van der Waals surface area (Å²) in [4.78, 5) is 12.2. The number of hydrogen-bond donors (Lipinski definition) is 0. The quantitative estimate of drug-likeness (QED) is 0.197. The zero-order valence-corrected chi connectivity index (χ0v) is 18.7. The van der Waals surface area contributed by atoms with Crippen LogP contribution < -0.4 is 0 Å². The van der Waals surface area contributed by atoms with E-state index < -0.39 is 22.8 Å². The Balaban J connectivity index is 2.72. The summed E-state index contributed by atoms with van der Waals surface area (Å²) in [7, 11) is 0. The molecule has 0 aliphatic carbocycles. The Hall–Kier alpha value is -2.72. The van der Waals surface area contributed by atoms with Crippen LogP contribution in [-0.4, -0.2) is 11.1 Å². The number of alkyl halides is 3. The van der Waals surface area contributed by atoms with Crippen molar-refractivity contribution in [2.45, 2.75) is 45.7 Å². The molecule has 0 spiro atoms. The molecule has 3 nitrogen and oxygen atoms in total. The van der Waals surface area contributed by atoms with Gasteiger partial charge in [-0.25, -0.2) is 4.79 Å². The van der Waals surface area contributed by atoms with Gasteiger partial charge in [-0.05, 0) is 40.8 Å². The first-order chi connectivity index (χ1) is 14.5. The van der Waals surface area contributed by atoms with Crippen molar-refractivity contribution in [1.29, 1.82) is 5.26 Å². The summed E-state index contributed by atoms with van der Waals surface area (Å²) in [5.41, 5.74) is -0.149. The summed E-state index contributed by atoms with van der Waals surface area (Å²) in [6.07, 6.45) is -3.79. The lowest BCUT2D eigenvalue weighted by Gasteiger charge is -2.23. The Bertz CT molecular complexity index is 1000. The van der Waals surface area contributed by atoms with E-state index in [1.165, 1.54) is 18.2 Å². The highest BCUT2D eigenvalue weighted by Crippen LogP contribution is 2.39. The molecule has 0 aliphatic heterocycles. The van der Waals surface area contributed by atoms with E-state index in [0.29, 0.717) is 11.3 Å². The van der Waals surface area contributed by atoms with Crippen LogP contribution in [0, 0.1) is 11.3 Å². The lowest BCUT2D eigenvalue weighted by molar-refractivity contribution is -0.137. The maximum absolute atomic E-state index is 13.6. The van der Waals surface area contributed by atoms with E-state index in [1.54, 1.807) is 19.1 Å². The minimum Gasteiger partial charge on any atom is -0.416 e. The molecular formula is C24H24F3NO2S. The summed E-state index contributed by atoms with van der Waals surface area (Å²) in [5.74, 6) is -0.0146. The molecule has 0 fully saturated rings. The van der Waals surface area contributed by atoms with Crippen LogP contribution in [0.25, 0.3) is 11.3 Å². The number of carbonyl (C=O) groups is 1. The fourth-order valence-electron chi connectivity index (χ4n) is 2.94. The minimum atomic E-state index is -4.68. The third kappa shape index (κ3) is 5.92. The number of thioether (sulfide) groups is 1. The van der Waals surface area contributed by atoms with Gasteiger partial charge in [0.25, 0.3) is 0 Å². The number of nitrogens with zero attached hydrogens (tertiary/aromatic N) is 1. The molecule has 164 valence electrons. The first kappa shape index (κ1) is 24.5. The molecule has 0 saturated carbocycles. The molecule has 7 heteroatoms. The van der Waals surface area contributed by atoms with E-state index in [1.807, 2.05) is 18.2 Å². The van der Waals surface area contributed by atoms with Crippen LogP contribution in [0.15, 0.2) is 48.5 Å². The van der Waals surface area contributed by atoms with E-state index in [9.17, 15) is 23.2 Å². The van der Waals surface area contributed by atoms with E-state index in [2.05, 4.69) is 20.8 Å². The molecule has 2 rings (SSSR count). The number of rotatable bonds is 6. The van der Waals surface area contributed by atoms with Gasteiger partial charge in [0.05, 0.1) is 5.56 Å². The average Bonchev–Trinajstić information content (AvgIpc) is 2.73. The Kier molecular flexibility index (Phi) is 7.96. The molecule has 0 unspecified atom stereocenters. The lowest BCUT2D eigenvalue weighted by atomic mass is 9.81. The van der Waals surface area contributed by atoms with Crippen molar-refractivity contribution in [2.75, 3.05) is 5.75 Å². The normalized spacial score (nSPS) is 12.7. The number of nitriles is 1. The number of benzene rings is 2. The van der Waals surface area contributed by atoms with Gasteiger partial charge >= 0.3 is 11.5 Å². The standard InChI is InChI=1S/C24H24F3NO2S/c1-5-23(3,4)17-13-11-16(12-14-17)19(15-28)21(30-22(29)31-6-2)18-9-7-8-10-20(18)24(25,26)27/h7-14H,5-6H2,1-4H3. The van der Waals surface area contributed by atoms with Gasteiger partial charge in [-0.3, -0.25) is 0 Å². The van der Waals surface area contributed by atoms with Crippen molar-refractivity contribution in [3.8, 4) is 6.07 Å². The van der Waals surface area contributed by atoms with Crippen LogP contribution in [-0.2, 0) is 16.3 Å². The highest BCUT2D eigenvalue weighted by atomic mass is 32.2. The number of halogens is 3. The number of ether oxygens (including phenoxy) is 1. The third-order valence-electron chi connectivity index (χ3n) is 5.10. The monoisotopic (exact) mass is 447 g/mol. The maximum Gasteiger partial charge on any atom is 0.417 e. The molecule has 0 radical (unpaired) electrons. The van der Waals surface area contributed by atoms with Crippen molar-refractivity contribution in [1.82, 2.24) is 0 Å². The van der Waals surface area contributed by atoms with Crippen molar-refractivity contribution in [2.24, 2.45) is 0 Å². The second-order valence-electron chi connectivity index (χ2n) is 7.46. The van der Waals surface area contributed by atoms with Crippen LogP contribution in [0.4, 0.5) is 18.0 Å². The van der Waals surface area contributed by atoms with Crippen LogP contribution in [0.2, 0.25) is 0 Å². The molecule has 0 saturated heterocycles. The van der Waals surface area contributed by atoms with Crippen LogP contribution in [0.3, 0.4) is 0 Å². The van der Waals surface area contributed by atoms with E-state index >= 15 is 0 Å². The van der Waals surface area contributed by atoms with Gasteiger partial charge in [-0.15, -0.1) is 0 Å². The fourth-order valence-corrected chi connectivity index (χ4v) is 3.32. The smallest absolute Gasteiger partial charge is 0.416 e. The van der Waals surface area contributed by atoms with Crippen molar-refractivity contribution in [3.05, 3.63) is 70.8 Å². The molecule has 2 aromatic carbocycles. The van der Waals surface area contributed by atoms with Crippen molar-refractivity contribution < 1.29 is 22.7 Å². The molecular weight excluding hydrogens is 423 g/mol. The molecule has 0 aromatic heterocycles. The van der Waals surface area contributed by atoms with E-state index in [4.69, 9.17) is 4.74 Å². The minimum absolute atomic E-state index is 0.0923. The van der Waals surface area contributed by atoms with Gasteiger partial charge in [0, 0.05) is 11.3 Å². The van der Waals surface area contributed by atoms with Gasteiger partial charge < -0.3 is 4.74 Å². The summed E-state index contributed by atoms with van der Waals surface area (Å²) in [6.45, 7) is 7.94. The average molecular weight is 448 g/mol. The molecule has 0 aliphatic rings. The summed E-state index contributed by atoms with van der Waals surface area (Å²) < 4.78 is 46.2. The number of hydrogen-bond acceptors (Lipinski definition) is 4. The first-order valence-corrected chi connectivity index (χ1v) is 10.8. The van der Waals surface area contributed by atoms with Crippen molar-refractivity contribution in [3.63, 3.8) is 0 Å². The molecule has 0 atom stereocenters. The molecule has 31 heavy (non-hydrogen) atoms. The van der Waals surface area contributed by atoms with E-state index in [-0.39, 0.29) is 16.6 Å². The van der Waals surface area contributed by atoms with Gasteiger partial charge in [-0.1, -0.05) is 70.2 Å². The molecule has 0 heterocycles. The zero-order valence-electron chi connectivity index (χ0n) is 17.8. The number of carbonyl (C=O) groups excluding carboxylic acids is 1. The van der Waals surface area contributed by atoms with Crippen molar-refractivity contribution >= 4 is 28.4 Å². The zero-order chi connectivity index (χ0) is 23.2. The Morgan fingerprint density at radius 1 is 1.06 bits per heavy atom. The second-order valence-corrected chi connectivity index (χ2v) is 8.66. The van der Waals surface area contributed by atoms with Crippen LogP contribution in [0.5, 0.6) is 0 Å². The molecule has 2 aromatic rings. The molecule has 0 amide bonds. The predicted molar refractivity (Wildman–Crippen MR) is 118 cm³/mol. The fraction of sp³-hybridized carbons (Fsp3) is 0.333. The Morgan fingerprint density at radius 3 is 2.19 bits per heavy atom. The SMILES string of the molecule is CCSC(=O)OC(=C(C#N)c1ccc(C(C)(C)CC)cc1)c1ccccc1C(F)(F)F. The van der Waals surface area contributed by atoms with Crippen LogP contribution in [0.1, 0.15) is 56.4 Å². The van der Waals surface area contributed by atoms with Gasteiger partial charge in [0.1, 0.15) is 11.6 Å². The Morgan fingerprint density at radius 2 is 1.68 bits per heavy atom. The van der Waals surface area contributed by atoms with Crippen LogP contribution >= 0.6 is 11.8 Å². The molecule has 0 bridgehead atoms. The highest BCUT2D eigenvalue weighted by molar-refractivity contribution is 8.13. The third-order valence-corrected chi connectivity index (χ3v) is 5.71. The number of allylic oxidation sites excluding steroid dienone is 1. The molecule has 0 N–H and O–H groups in total. The van der Waals surface area contributed by atoms with Gasteiger partial charge in [0.15, 0.2) is 5.76 Å². The predicted octanol–water partition coefficient (Wildman–Crippen LogP) is 7.67. The highest BCUT2D eigenvalue weighted by Gasteiger charge is 2.35. The first-order valence-electron chi connectivity index (χ1n) is 9.81. The Labute approximate surface area is 184 Å². The summed E-state index contributed by atoms with van der Waals surface area (Å²) in [6, 6.07) is 13.7. The van der Waals surface area contributed by atoms with Gasteiger partial charge in [0.2, 0.25) is 0 Å². The topological polar surface area (TPSA) is 50.1 Å². The lowest BCUT2D eigenvalue weighted by Crippen LogP contribution is -2.15. The maximum atomic E-state index is 13.6. The van der Waals surface area contributed by atoms with E-state index in [0.717, 1.165) is 29.8 Å². The second kappa shape index (κ2) is 10.1. The summed E-state index contributed by atoms with van der Waals surface area (Å²) in [5, 5.41) is 9.06. The van der Waals surface area contributed by atoms with Gasteiger partial charge in [-0.2, -0.15) is 18.4 Å². The largest absolute Gasteiger partial charge is 0.417 e.